The number of nitro benzene ring substituents is 1. The number of rotatable bonds is 5. The van der Waals surface area contributed by atoms with Crippen LogP contribution < -0.4 is 0 Å². The highest BCUT2D eigenvalue weighted by Crippen LogP contribution is 2.26. The minimum atomic E-state index is -0.481. The second kappa shape index (κ2) is 7.07. The summed E-state index contributed by atoms with van der Waals surface area (Å²) in [6.07, 6.45) is 1.02. The molecule has 0 saturated carbocycles. The zero-order chi connectivity index (χ0) is 16.3. The van der Waals surface area contributed by atoms with Crippen LogP contribution in [-0.2, 0) is 11.3 Å². The van der Waals surface area contributed by atoms with Crippen molar-refractivity contribution < 1.29 is 9.72 Å². The first-order chi connectivity index (χ1) is 10.4. The van der Waals surface area contributed by atoms with E-state index in [4.69, 9.17) is 11.6 Å². The molecule has 0 radical (unpaired) electrons. The second-order valence-electron chi connectivity index (χ2n) is 5.86. The highest BCUT2D eigenvalue weighted by Gasteiger charge is 2.25. The molecular weight excluding hydrogens is 306 g/mol. The number of nitro groups is 1. The SMILES string of the molecule is CC(=O)N1CCC(CN(C)Cc2ccc([N+](=O)[O-])c(Cl)c2)C1. The van der Waals surface area contributed by atoms with E-state index in [0.717, 1.165) is 31.6 Å². The fourth-order valence-electron chi connectivity index (χ4n) is 2.88. The molecule has 1 fully saturated rings. The van der Waals surface area contributed by atoms with E-state index in [1.165, 1.54) is 6.07 Å². The lowest BCUT2D eigenvalue weighted by Crippen LogP contribution is -2.30. The molecule has 0 aromatic heterocycles. The van der Waals surface area contributed by atoms with Gasteiger partial charge in [-0.15, -0.1) is 0 Å². The molecule has 1 atom stereocenters. The molecule has 1 saturated heterocycles. The quantitative estimate of drug-likeness (QED) is 0.616. The number of likely N-dealkylation sites (tertiary alicyclic amines) is 1. The lowest BCUT2D eigenvalue weighted by atomic mass is 10.1. The van der Waals surface area contributed by atoms with Crippen molar-refractivity contribution >= 4 is 23.2 Å². The molecule has 2 rings (SSSR count). The fourth-order valence-corrected chi connectivity index (χ4v) is 3.15. The van der Waals surface area contributed by atoms with Gasteiger partial charge in [0, 0.05) is 39.2 Å². The first-order valence-electron chi connectivity index (χ1n) is 7.23. The maximum Gasteiger partial charge on any atom is 0.287 e. The monoisotopic (exact) mass is 325 g/mol. The Morgan fingerprint density at radius 1 is 1.55 bits per heavy atom. The standard InChI is InChI=1S/C15H20ClN3O3/c1-11(20)18-6-5-13(10-18)9-17(2)8-12-3-4-15(19(21)22)14(16)7-12/h3-4,7,13H,5-6,8-10H2,1-2H3. The number of amides is 1. The Labute approximate surface area is 134 Å². The maximum absolute atomic E-state index is 11.3. The van der Waals surface area contributed by atoms with Gasteiger partial charge in [0.15, 0.2) is 0 Å². The first kappa shape index (κ1) is 16.7. The van der Waals surface area contributed by atoms with Crippen molar-refractivity contribution in [1.29, 1.82) is 0 Å². The molecule has 22 heavy (non-hydrogen) atoms. The van der Waals surface area contributed by atoms with E-state index in [1.54, 1.807) is 19.1 Å². The third-order valence-electron chi connectivity index (χ3n) is 3.96. The minimum Gasteiger partial charge on any atom is -0.343 e. The number of carbonyl (C=O) groups excluding carboxylic acids is 1. The molecule has 1 aliphatic heterocycles. The Balaban J connectivity index is 1.90. The van der Waals surface area contributed by atoms with E-state index in [9.17, 15) is 14.9 Å². The third kappa shape index (κ3) is 4.18. The van der Waals surface area contributed by atoms with E-state index < -0.39 is 4.92 Å². The lowest BCUT2D eigenvalue weighted by Gasteiger charge is -2.21. The van der Waals surface area contributed by atoms with Gasteiger partial charge in [0.05, 0.1) is 4.92 Å². The van der Waals surface area contributed by atoms with Gasteiger partial charge in [0.1, 0.15) is 5.02 Å². The zero-order valence-corrected chi connectivity index (χ0v) is 13.5. The van der Waals surface area contributed by atoms with Crippen LogP contribution in [0.5, 0.6) is 0 Å². The van der Waals surface area contributed by atoms with E-state index in [1.807, 2.05) is 11.9 Å². The Hall–Kier alpha value is -1.66. The lowest BCUT2D eigenvalue weighted by molar-refractivity contribution is -0.384. The number of hydrogen-bond acceptors (Lipinski definition) is 4. The molecule has 1 heterocycles. The van der Waals surface area contributed by atoms with Gasteiger partial charge in [-0.2, -0.15) is 0 Å². The van der Waals surface area contributed by atoms with E-state index >= 15 is 0 Å². The molecule has 0 N–H and O–H groups in total. The molecule has 1 aromatic rings. The summed E-state index contributed by atoms with van der Waals surface area (Å²) < 4.78 is 0. The van der Waals surface area contributed by atoms with Gasteiger partial charge >= 0.3 is 0 Å². The number of halogens is 1. The number of carbonyl (C=O) groups is 1. The van der Waals surface area contributed by atoms with Crippen molar-refractivity contribution in [3.63, 3.8) is 0 Å². The predicted molar refractivity (Wildman–Crippen MR) is 84.8 cm³/mol. The molecule has 6 nitrogen and oxygen atoms in total. The van der Waals surface area contributed by atoms with Crippen LogP contribution in [0.4, 0.5) is 5.69 Å². The number of nitrogens with zero attached hydrogens (tertiary/aromatic N) is 3. The van der Waals surface area contributed by atoms with Crippen molar-refractivity contribution in [2.45, 2.75) is 19.9 Å². The van der Waals surface area contributed by atoms with Crippen molar-refractivity contribution in [1.82, 2.24) is 9.80 Å². The summed E-state index contributed by atoms with van der Waals surface area (Å²) in [7, 11) is 2.01. The van der Waals surface area contributed by atoms with Crippen LogP contribution >= 0.6 is 11.6 Å². The van der Waals surface area contributed by atoms with E-state index in [0.29, 0.717) is 12.5 Å². The van der Waals surface area contributed by atoms with Crippen LogP contribution in [0.15, 0.2) is 18.2 Å². The summed E-state index contributed by atoms with van der Waals surface area (Å²) in [5.41, 5.74) is 0.875. The van der Waals surface area contributed by atoms with Crippen LogP contribution in [0.3, 0.4) is 0 Å². The van der Waals surface area contributed by atoms with Crippen LogP contribution in [0, 0.1) is 16.0 Å². The van der Waals surface area contributed by atoms with Gasteiger partial charge in [-0.05, 0) is 31.0 Å². The second-order valence-corrected chi connectivity index (χ2v) is 6.27. The molecule has 1 aliphatic rings. The average Bonchev–Trinajstić information content (AvgIpc) is 2.86. The van der Waals surface area contributed by atoms with Gasteiger partial charge in [-0.25, -0.2) is 0 Å². The van der Waals surface area contributed by atoms with Crippen LogP contribution in [0.25, 0.3) is 0 Å². The summed E-state index contributed by atoms with van der Waals surface area (Å²) in [6.45, 7) is 4.80. The Bertz CT molecular complexity index is 579. The van der Waals surface area contributed by atoms with Crippen molar-refractivity contribution in [3.05, 3.63) is 38.9 Å². The first-order valence-corrected chi connectivity index (χ1v) is 7.61. The van der Waals surface area contributed by atoms with Crippen LogP contribution in [0.2, 0.25) is 5.02 Å². The van der Waals surface area contributed by atoms with Crippen molar-refractivity contribution in [3.8, 4) is 0 Å². The average molecular weight is 326 g/mol. The molecule has 1 unspecified atom stereocenters. The van der Waals surface area contributed by atoms with Gasteiger partial charge in [0.25, 0.3) is 5.69 Å². The van der Waals surface area contributed by atoms with Crippen LogP contribution in [0.1, 0.15) is 18.9 Å². The third-order valence-corrected chi connectivity index (χ3v) is 4.27. The maximum atomic E-state index is 11.3. The summed E-state index contributed by atoms with van der Waals surface area (Å²) >= 11 is 5.93. The molecule has 1 aromatic carbocycles. The van der Waals surface area contributed by atoms with E-state index in [2.05, 4.69) is 4.90 Å². The molecular formula is C15H20ClN3O3. The predicted octanol–water partition coefficient (Wildman–Crippen LogP) is 2.55. The van der Waals surface area contributed by atoms with Crippen molar-refractivity contribution in [2.75, 3.05) is 26.7 Å². The Morgan fingerprint density at radius 2 is 2.27 bits per heavy atom. The van der Waals surface area contributed by atoms with Gasteiger partial charge in [-0.3, -0.25) is 14.9 Å². The van der Waals surface area contributed by atoms with Crippen molar-refractivity contribution in [2.24, 2.45) is 5.92 Å². The molecule has 7 heteroatoms. The molecule has 1 amide bonds. The zero-order valence-electron chi connectivity index (χ0n) is 12.8. The molecule has 0 aliphatic carbocycles. The minimum absolute atomic E-state index is 0.0686. The topological polar surface area (TPSA) is 66.7 Å². The Morgan fingerprint density at radius 3 is 2.82 bits per heavy atom. The fraction of sp³-hybridized carbons (Fsp3) is 0.533. The Kier molecular flexibility index (Phi) is 5.37. The number of hydrogen-bond donors (Lipinski definition) is 0. The molecule has 0 spiro atoms. The van der Waals surface area contributed by atoms with Gasteiger partial charge in [0.2, 0.25) is 5.91 Å². The number of benzene rings is 1. The molecule has 120 valence electrons. The largest absolute Gasteiger partial charge is 0.343 e. The normalized spacial score (nSPS) is 18.0. The van der Waals surface area contributed by atoms with Gasteiger partial charge in [-0.1, -0.05) is 17.7 Å². The summed E-state index contributed by atoms with van der Waals surface area (Å²) in [5, 5.41) is 10.9. The highest BCUT2D eigenvalue weighted by molar-refractivity contribution is 6.32. The summed E-state index contributed by atoms with van der Waals surface area (Å²) in [4.78, 5) is 25.6. The summed E-state index contributed by atoms with van der Waals surface area (Å²) in [6, 6.07) is 4.82. The highest BCUT2D eigenvalue weighted by atomic mass is 35.5. The van der Waals surface area contributed by atoms with E-state index in [-0.39, 0.29) is 16.6 Å². The van der Waals surface area contributed by atoms with Gasteiger partial charge < -0.3 is 9.80 Å². The summed E-state index contributed by atoms with van der Waals surface area (Å²) in [5.74, 6) is 0.606. The smallest absolute Gasteiger partial charge is 0.287 e. The van der Waals surface area contributed by atoms with Crippen LogP contribution in [-0.4, -0.2) is 47.3 Å². The molecule has 0 bridgehead atoms.